The second kappa shape index (κ2) is 5.52. The molecule has 0 bridgehead atoms. The minimum absolute atomic E-state index is 0.157. The Labute approximate surface area is 113 Å². The first-order valence-electron chi connectivity index (χ1n) is 5.64. The van der Waals surface area contributed by atoms with Gasteiger partial charge in [-0.2, -0.15) is 5.10 Å². The standard InChI is InChI=1S/C13H11FN2O4/c1-20-13(19)10-4-2-3-9(12(10)14)8-5-15-16(6-8)7-11(17)18/h2-6H,7H2,1H3,(H,17,18). The van der Waals surface area contributed by atoms with Gasteiger partial charge in [-0.25, -0.2) is 9.18 Å². The molecule has 0 radical (unpaired) electrons. The SMILES string of the molecule is COC(=O)c1cccc(-c2cnn(CC(=O)O)c2)c1F. The van der Waals surface area contributed by atoms with E-state index < -0.39 is 17.8 Å². The van der Waals surface area contributed by atoms with Gasteiger partial charge in [0, 0.05) is 17.3 Å². The van der Waals surface area contributed by atoms with Crippen molar-refractivity contribution < 1.29 is 23.8 Å². The third-order valence-electron chi connectivity index (χ3n) is 2.65. The average Bonchev–Trinajstić information content (AvgIpc) is 2.85. The number of aliphatic carboxylic acids is 1. The van der Waals surface area contributed by atoms with Gasteiger partial charge < -0.3 is 9.84 Å². The van der Waals surface area contributed by atoms with Gasteiger partial charge in [0.05, 0.1) is 18.9 Å². The van der Waals surface area contributed by atoms with Gasteiger partial charge in [-0.05, 0) is 6.07 Å². The van der Waals surface area contributed by atoms with E-state index in [1.54, 1.807) is 0 Å². The molecule has 6 nitrogen and oxygen atoms in total. The van der Waals surface area contributed by atoms with E-state index in [0.29, 0.717) is 5.56 Å². The number of carboxylic acid groups (broad SMARTS) is 1. The molecular formula is C13H11FN2O4. The summed E-state index contributed by atoms with van der Waals surface area (Å²) in [4.78, 5) is 22.0. The van der Waals surface area contributed by atoms with Crippen LogP contribution in [-0.2, 0) is 16.1 Å². The Morgan fingerprint density at radius 3 is 2.85 bits per heavy atom. The van der Waals surface area contributed by atoms with Gasteiger partial charge in [-0.3, -0.25) is 9.48 Å². The summed E-state index contributed by atoms with van der Waals surface area (Å²) >= 11 is 0. The van der Waals surface area contributed by atoms with E-state index in [-0.39, 0.29) is 17.7 Å². The molecule has 1 aromatic heterocycles. The third-order valence-corrected chi connectivity index (χ3v) is 2.65. The molecule has 20 heavy (non-hydrogen) atoms. The number of methoxy groups -OCH3 is 1. The molecule has 0 spiro atoms. The Balaban J connectivity index is 2.40. The van der Waals surface area contributed by atoms with Crippen LogP contribution in [-0.4, -0.2) is 33.9 Å². The van der Waals surface area contributed by atoms with Crippen LogP contribution in [0.2, 0.25) is 0 Å². The van der Waals surface area contributed by atoms with Crippen molar-refractivity contribution in [3.63, 3.8) is 0 Å². The van der Waals surface area contributed by atoms with Gasteiger partial charge in [0.2, 0.25) is 0 Å². The number of ether oxygens (including phenoxy) is 1. The fourth-order valence-electron chi connectivity index (χ4n) is 1.75. The van der Waals surface area contributed by atoms with Crippen molar-refractivity contribution in [1.82, 2.24) is 9.78 Å². The maximum absolute atomic E-state index is 14.2. The van der Waals surface area contributed by atoms with Crippen LogP contribution in [0.3, 0.4) is 0 Å². The second-order valence-corrected chi connectivity index (χ2v) is 3.98. The summed E-state index contributed by atoms with van der Waals surface area (Å²) in [6, 6.07) is 4.30. The van der Waals surface area contributed by atoms with Gasteiger partial charge >= 0.3 is 11.9 Å². The Kier molecular flexibility index (Phi) is 3.79. The van der Waals surface area contributed by atoms with Crippen LogP contribution < -0.4 is 0 Å². The zero-order valence-corrected chi connectivity index (χ0v) is 10.5. The highest BCUT2D eigenvalue weighted by atomic mass is 19.1. The van der Waals surface area contributed by atoms with Gasteiger partial charge in [-0.1, -0.05) is 12.1 Å². The summed E-state index contributed by atoms with van der Waals surface area (Å²) in [6.07, 6.45) is 2.73. The Hall–Kier alpha value is -2.70. The topological polar surface area (TPSA) is 81.4 Å². The van der Waals surface area contributed by atoms with Gasteiger partial charge in [0.15, 0.2) is 0 Å². The van der Waals surface area contributed by atoms with E-state index in [2.05, 4.69) is 9.84 Å². The molecule has 0 aliphatic carbocycles. The minimum Gasteiger partial charge on any atom is -0.480 e. The van der Waals surface area contributed by atoms with Crippen LogP contribution in [0.1, 0.15) is 10.4 Å². The van der Waals surface area contributed by atoms with Gasteiger partial charge in [-0.15, -0.1) is 0 Å². The Bertz CT molecular complexity index is 666. The highest BCUT2D eigenvalue weighted by molar-refractivity contribution is 5.91. The zero-order valence-electron chi connectivity index (χ0n) is 10.5. The lowest BCUT2D eigenvalue weighted by atomic mass is 10.1. The quantitative estimate of drug-likeness (QED) is 0.858. The highest BCUT2D eigenvalue weighted by Gasteiger charge is 2.17. The number of benzene rings is 1. The number of carbonyl (C=O) groups is 2. The number of carbonyl (C=O) groups excluding carboxylic acids is 1. The zero-order chi connectivity index (χ0) is 14.7. The minimum atomic E-state index is -1.05. The van der Waals surface area contributed by atoms with Crippen molar-refractivity contribution in [1.29, 1.82) is 0 Å². The van der Waals surface area contributed by atoms with E-state index in [0.717, 1.165) is 0 Å². The molecule has 0 amide bonds. The third kappa shape index (κ3) is 2.66. The lowest BCUT2D eigenvalue weighted by molar-refractivity contribution is -0.137. The predicted octanol–water partition coefficient (Wildman–Crippen LogP) is 1.56. The Morgan fingerprint density at radius 1 is 1.45 bits per heavy atom. The van der Waals surface area contributed by atoms with E-state index in [4.69, 9.17) is 5.11 Å². The number of halogens is 1. The van der Waals surface area contributed by atoms with Crippen molar-refractivity contribution >= 4 is 11.9 Å². The van der Waals surface area contributed by atoms with E-state index >= 15 is 0 Å². The fraction of sp³-hybridized carbons (Fsp3) is 0.154. The maximum Gasteiger partial charge on any atom is 0.340 e. The summed E-state index contributed by atoms with van der Waals surface area (Å²) < 4.78 is 19.9. The molecule has 0 fully saturated rings. The molecule has 0 unspecified atom stereocenters. The highest BCUT2D eigenvalue weighted by Crippen LogP contribution is 2.25. The van der Waals surface area contributed by atoms with Crippen LogP contribution in [0.4, 0.5) is 4.39 Å². The van der Waals surface area contributed by atoms with Crippen LogP contribution in [0.15, 0.2) is 30.6 Å². The molecule has 2 aromatic rings. The van der Waals surface area contributed by atoms with Crippen LogP contribution >= 0.6 is 0 Å². The number of carboxylic acids is 1. The second-order valence-electron chi connectivity index (χ2n) is 3.98. The molecule has 104 valence electrons. The maximum atomic E-state index is 14.2. The average molecular weight is 278 g/mol. The number of hydrogen-bond acceptors (Lipinski definition) is 4. The van der Waals surface area contributed by atoms with Gasteiger partial charge in [0.1, 0.15) is 12.4 Å². The van der Waals surface area contributed by atoms with Crippen molar-refractivity contribution in [3.05, 3.63) is 42.0 Å². The summed E-state index contributed by atoms with van der Waals surface area (Å²) in [7, 11) is 1.17. The van der Waals surface area contributed by atoms with E-state index in [9.17, 15) is 14.0 Å². The fourth-order valence-corrected chi connectivity index (χ4v) is 1.75. The van der Waals surface area contributed by atoms with Crippen molar-refractivity contribution in [3.8, 4) is 11.1 Å². The lowest BCUT2D eigenvalue weighted by Gasteiger charge is -2.05. The molecule has 2 rings (SSSR count). The number of rotatable bonds is 4. The molecule has 0 aliphatic heterocycles. The van der Waals surface area contributed by atoms with E-state index in [1.807, 2.05) is 0 Å². The number of aromatic nitrogens is 2. The van der Waals surface area contributed by atoms with Crippen LogP contribution in [0, 0.1) is 5.82 Å². The largest absolute Gasteiger partial charge is 0.480 e. The number of nitrogens with zero attached hydrogens (tertiary/aromatic N) is 2. The first-order chi connectivity index (χ1) is 9.52. The monoisotopic (exact) mass is 278 g/mol. The summed E-state index contributed by atoms with van der Waals surface area (Å²) in [5.74, 6) is -2.56. The van der Waals surface area contributed by atoms with Gasteiger partial charge in [0.25, 0.3) is 0 Å². The molecule has 0 saturated carbocycles. The summed E-state index contributed by atoms with van der Waals surface area (Å²) in [5.41, 5.74) is 0.357. The van der Waals surface area contributed by atoms with Crippen molar-refractivity contribution in [2.24, 2.45) is 0 Å². The first kappa shape index (κ1) is 13.7. The van der Waals surface area contributed by atoms with Crippen molar-refractivity contribution in [2.45, 2.75) is 6.54 Å². The smallest absolute Gasteiger partial charge is 0.340 e. The summed E-state index contributed by atoms with van der Waals surface area (Å²) in [6.45, 7) is -0.321. The number of hydrogen-bond donors (Lipinski definition) is 1. The van der Waals surface area contributed by atoms with Crippen LogP contribution in [0.5, 0.6) is 0 Å². The first-order valence-corrected chi connectivity index (χ1v) is 5.64. The molecule has 1 N–H and O–H groups in total. The molecule has 0 aliphatic rings. The molecule has 0 atom stereocenters. The van der Waals surface area contributed by atoms with Crippen LogP contribution in [0.25, 0.3) is 11.1 Å². The Morgan fingerprint density at radius 2 is 2.20 bits per heavy atom. The molecule has 1 aromatic carbocycles. The lowest BCUT2D eigenvalue weighted by Crippen LogP contribution is -2.08. The van der Waals surface area contributed by atoms with Crippen molar-refractivity contribution in [2.75, 3.05) is 7.11 Å². The molecule has 1 heterocycles. The summed E-state index contributed by atoms with van der Waals surface area (Å²) in [5, 5.41) is 12.5. The normalized spacial score (nSPS) is 10.3. The molecule has 0 saturated heterocycles. The molecule has 7 heteroatoms. The van der Waals surface area contributed by atoms with E-state index in [1.165, 1.54) is 42.4 Å². The molecular weight excluding hydrogens is 267 g/mol. The number of esters is 1. The predicted molar refractivity (Wildman–Crippen MR) is 66.6 cm³/mol.